The van der Waals surface area contributed by atoms with E-state index in [0.29, 0.717) is 39.3 Å². The van der Waals surface area contributed by atoms with Crippen LogP contribution in [0.15, 0.2) is 41.4 Å². The minimum Gasteiger partial charge on any atom is -0.481 e. The number of carbonyl (C=O) groups is 3. The highest BCUT2D eigenvalue weighted by molar-refractivity contribution is 7.14. The van der Waals surface area contributed by atoms with E-state index in [1.165, 1.54) is 17.4 Å². The molecule has 0 radical (unpaired) electrons. The van der Waals surface area contributed by atoms with Gasteiger partial charge in [0, 0.05) is 24.0 Å². The molecule has 2 amide bonds. The summed E-state index contributed by atoms with van der Waals surface area (Å²) in [5.41, 5.74) is 0.600. The molecular weight excluding hydrogens is 448 g/mol. The first-order valence-corrected chi connectivity index (χ1v) is 11.1. The number of hydrogen-bond donors (Lipinski definition) is 4. The van der Waals surface area contributed by atoms with Crippen molar-refractivity contribution in [3.8, 4) is 11.5 Å². The van der Waals surface area contributed by atoms with Gasteiger partial charge < -0.3 is 25.2 Å². The van der Waals surface area contributed by atoms with Crippen molar-refractivity contribution >= 4 is 41.2 Å². The lowest BCUT2D eigenvalue weighted by molar-refractivity contribution is -0.137. The van der Waals surface area contributed by atoms with Crippen LogP contribution in [0, 0.1) is 0 Å². The second-order valence-corrected chi connectivity index (χ2v) is 8.39. The molecule has 33 heavy (non-hydrogen) atoms. The molecule has 0 aliphatic carbocycles. The summed E-state index contributed by atoms with van der Waals surface area (Å²) in [4.78, 5) is 41.5. The Balaban J connectivity index is 1.40. The molecule has 2 aliphatic heterocycles. The molecule has 1 aromatic heterocycles. The number of amides is 2. The standard InChI is InChI=1S/C22H22N4O6S/c27-19(26-22-23-8-1-9-24-22)7-4-14-3-6-18(33-14)21(30)25-15(11-20(28)29)13-2-5-16-17(10-13)32-12-31-16/h2-7,10,15H,1,8-9,11-12H2,(H,25,30)(H,28,29)(H2,23,24,26,27)/b7-4+/t15-/m1/s1. The van der Waals surface area contributed by atoms with Crippen molar-refractivity contribution in [1.29, 1.82) is 0 Å². The van der Waals surface area contributed by atoms with Crippen LogP contribution >= 0.6 is 11.3 Å². The summed E-state index contributed by atoms with van der Waals surface area (Å²) in [7, 11) is 0. The number of guanidine groups is 1. The Morgan fingerprint density at radius 1 is 1.21 bits per heavy atom. The van der Waals surface area contributed by atoms with Gasteiger partial charge in [-0.1, -0.05) is 6.07 Å². The minimum absolute atomic E-state index is 0.100. The summed E-state index contributed by atoms with van der Waals surface area (Å²) in [6, 6.07) is 7.65. The number of ether oxygens (including phenoxy) is 2. The van der Waals surface area contributed by atoms with Gasteiger partial charge in [-0.25, -0.2) is 0 Å². The zero-order valence-corrected chi connectivity index (χ0v) is 18.3. The quantitative estimate of drug-likeness (QED) is 0.454. The van der Waals surface area contributed by atoms with Crippen LogP contribution in [0.25, 0.3) is 6.08 Å². The van der Waals surface area contributed by atoms with Gasteiger partial charge in [-0.3, -0.25) is 24.7 Å². The van der Waals surface area contributed by atoms with Gasteiger partial charge in [-0.15, -0.1) is 11.3 Å². The fraction of sp³-hybridized carbons (Fsp3) is 0.273. The average Bonchev–Trinajstić information content (AvgIpc) is 3.46. The largest absolute Gasteiger partial charge is 0.481 e. The summed E-state index contributed by atoms with van der Waals surface area (Å²) in [5.74, 6) is -0.246. The summed E-state index contributed by atoms with van der Waals surface area (Å²) in [5, 5.41) is 17.7. The van der Waals surface area contributed by atoms with Gasteiger partial charge in [0.1, 0.15) is 0 Å². The maximum atomic E-state index is 12.8. The lowest BCUT2D eigenvalue weighted by Crippen LogP contribution is -2.43. The van der Waals surface area contributed by atoms with Gasteiger partial charge >= 0.3 is 5.97 Å². The maximum Gasteiger partial charge on any atom is 0.305 e. The summed E-state index contributed by atoms with van der Waals surface area (Å²) in [6.07, 6.45) is 3.61. The Morgan fingerprint density at radius 2 is 2.06 bits per heavy atom. The molecule has 0 bridgehead atoms. The lowest BCUT2D eigenvalue weighted by Gasteiger charge is -2.17. The molecule has 1 atom stereocenters. The number of nitrogens with zero attached hydrogens (tertiary/aromatic N) is 1. The number of carboxylic acids is 1. The number of hydrogen-bond acceptors (Lipinski definition) is 8. The normalized spacial score (nSPS) is 15.5. The van der Waals surface area contributed by atoms with E-state index in [1.54, 1.807) is 36.4 Å². The van der Waals surface area contributed by atoms with Crippen LogP contribution in [0.5, 0.6) is 11.5 Å². The monoisotopic (exact) mass is 470 g/mol. The van der Waals surface area contributed by atoms with E-state index in [2.05, 4.69) is 20.9 Å². The van der Waals surface area contributed by atoms with Crippen LogP contribution < -0.4 is 25.4 Å². The van der Waals surface area contributed by atoms with Gasteiger partial charge in [0.15, 0.2) is 17.5 Å². The van der Waals surface area contributed by atoms with E-state index in [1.807, 2.05) is 0 Å². The van der Waals surface area contributed by atoms with Gasteiger partial charge in [0.25, 0.3) is 11.8 Å². The zero-order valence-electron chi connectivity index (χ0n) is 17.5. The van der Waals surface area contributed by atoms with Crippen molar-refractivity contribution in [1.82, 2.24) is 16.0 Å². The summed E-state index contributed by atoms with van der Waals surface area (Å²) >= 11 is 1.19. The highest BCUT2D eigenvalue weighted by atomic mass is 32.1. The topological polar surface area (TPSA) is 138 Å². The molecule has 4 N–H and O–H groups in total. The first-order chi connectivity index (χ1) is 16.0. The Hall–Kier alpha value is -3.86. The molecule has 0 saturated heterocycles. The highest BCUT2D eigenvalue weighted by Gasteiger charge is 2.23. The number of nitrogens with one attached hydrogen (secondary N) is 3. The van der Waals surface area contributed by atoms with Crippen LogP contribution in [0.4, 0.5) is 0 Å². The van der Waals surface area contributed by atoms with E-state index >= 15 is 0 Å². The molecular formula is C22H22N4O6S. The second-order valence-electron chi connectivity index (χ2n) is 7.27. The first kappa shape index (κ1) is 22.3. The number of carbonyl (C=O) groups excluding carboxylic acids is 2. The number of aliphatic carboxylic acids is 1. The molecule has 3 heterocycles. The van der Waals surface area contributed by atoms with Gasteiger partial charge in [0.2, 0.25) is 6.79 Å². The molecule has 172 valence electrons. The van der Waals surface area contributed by atoms with Gasteiger partial charge in [-0.2, -0.15) is 0 Å². The smallest absolute Gasteiger partial charge is 0.305 e. The number of fused-ring (bicyclic) bond motifs is 1. The Kier molecular flexibility index (Phi) is 6.89. The SMILES string of the molecule is O=C(O)C[C@@H](NC(=O)c1ccc(/C=C/C(=O)NC2=NCCCN2)s1)c1ccc2c(c1)OCO2. The highest BCUT2D eigenvalue weighted by Crippen LogP contribution is 2.35. The van der Waals surface area contributed by atoms with E-state index in [9.17, 15) is 19.5 Å². The predicted octanol–water partition coefficient (Wildman–Crippen LogP) is 1.90. The minimum atomic E-state index is -1.05. The third-order valence-corrected chi connectivity index (χ3v) is 5.92. The van der Waals surface area contributed by atoms with Crippen molar-refractivity contribution in [2.45, 2.75) is 18.9 Å². The third-order valence-electron chi connectivity index (χ3n) is 4.87. The number of thiophene rings is 1. The first-order valence-electron chi connectivity index (χ1n) is 10.3. The molecule has 0 saturated carbocycles. The Labute approximate surface area is 193 Å². The van der Waals surface area contributed by atoms with E-state index < -0.39 is 17.9 Å². The molecule has 2 aromatic rings. The average molecular weight is 471 g/mol. The van der Waals surface area contributed by atoms with Crippen molar-refractivity contribution in [2.75, 3.05) is 19.9 Å². The molecule has 2 aliphatic rings. The fourth-order valence-electron chi connectivity index (χ4n) is 3.28. The van der Waals surface area contributed by atoms with Crippen molar-refractivity contribution in [3.63, 3.8) is 0 Å². The molecule has 0 unspecified atom stereocenters. The van der Waals surface area contributed by atoms with Crippen LogP contribution in [0.1, 0.15) is 39.0 Å². The molecule has 4 rings (SSSR count). The lowest BCUT2D eigenvalue weighted by atomic mass is 10.0. The van der Waals surface area contributed by atoms with Crippen molar-refractivity contribution in [2.24, 2.45) is 4.99 Å². The number of rotatable bonds is 7. The summed E-state index contributed by atoms with van der Waals surface area (Å²) < 4.78 is 10.6. The van der Waals surface area contributed by atoms with E-state index in [0.717, 1.165) is 13.0 Å². The Morgan fingerprint density at radius 3 is 2.85 bits per heavy atom. The van der Waals surface area contributed by atoms with Crippen LogP contribution in [-0.2, 0) is 9.59 Å². The van der Waals surface area contributed by atoms with Gasteiger partial charge in [-0.05, 0) is 42.3 Å². The number of carboxylic acid groups (broad SMARTS) is 1. The van der Waals surface area contributed by atoms with E-state index in [4.69, 9.17) is 9.47 Å². The molecule has 10 nitrogen and oxygen atoms in total. The predicted molar refractivity (Wildman–Crippen MR) is 121 cm³/mol. The van der Waals surface area contributed by atoms with Gasteiger partial charge in [0.05, 0.1) is 17.3 Å². The molecule has 0 fully saturated rings. The van der Waals surface area contributed by atoms with Crippen LogP contribution in [0.2, 0.25) is 0 Å². The number of benzene rings is 1. The second kappa shape index (κ2) is 10.2. The van der Waals surface area contributed by atoms with Crippen LogP contribution in [0.3, 0.4) is 0 Å². The zero-order chi connectivity index (χ0) is 23.2. The van der Waals surface area contributed by atoms with E-state index in [-0.39, 0.29) is 19.1 Å². The fourth-order valence-corrected chi connectivity index (χ4v) is 4.10. The van der Waals surface area contributed by atoms with Crippen molar-refractivity contribution in [3.05, 3.63) is 51.7 Å². The molecule has 1 aromatic carbocycles. The molecule has 0 spiro atoms. The summed E-state index contributed by atoms with van der Waals surface area (Å²) in [6.45, 7) is 1.54. The van der Waals surface area contributed by atoms with Crippen LogP contribution in [-0.4, -0.2) is 48.7 Å². The van der Waals surface area contributed by atoms with Crippen molar-refractivity contribution < 1.29 is 29.0 Å². The third kappa shape index (κ3) is 5.89. The maximum absolute atomic E-state index is 12.8. The molecule has 11 heteroatoms. The number of aliphatic imine (C=N–C) groups is 1. The Bertz CT molecular complexity index is 1130.